The summed E-state index contributed by atoms with van der Waals surface area (Å²) in [7, 11) is 0. The summed E-state index contributed by atoms with van der Waals surface area (Å²) in [6.07, 6.45) is 1.89. The summed E-state index contributed by atoms with van der Waals surface area (Å²) in [5, 5.41) is 3.18. The first kappa shape index (κ1) is 12.3. The van der Waals surface area contributed by atoms with Gasteiger partial charge in [-0.25, -0.2) is 4.99 Å². The van der Waals surface area contributed by atoms with Crippen LogP contribution in [0.15, 0.2) is 4.99 Å². The largest absolute Gasteiger partial charge is 0.381 e. The van der Waals surface area contributed by atoms with E-state index in [1.165, 1.54) is 0 Å². The van der Waals surface area contributed by atoms with Crippen molar-refractivity contribution in [1.82, 2.24) is 5.32 Å². The quantitative estimate of drug-likeness (QED) is 0.509. The van der Waals surface area contributed by atoms with Crippen molar-refractivity contribution in [3.05, 3.63) is 0 Å². The Morgan fingerprint density at radius 3 is 2.33 bits per heavy atom. The zero-order valence-corrected chi connectivity index (χ0v) is 10.3. The van der Waals surface area contributed by atoms with Gasteiger partial charge in [0.1, 0.15) is 0 Å². The molecule has 0 bridgehead atoms. The van der Waals surface area contributed by atoms with E-state index in [9.17, 15) is 0 Å². The lowest BCUT2D eigenvalue weighted by Crippen LogP contribution is -2.47. The average molecular weight is 213 g/mol. The molecule has 0 atom stereocenters. The van der Waals surface area contributed by atoms with Crippen LogP contribution in [0.25, 0.3) is 0 Å². The molecule has 1 aliphatic rings. The van der Waals surface area contributed by atoms with Gasteiger partial charge in [0.25, 0.3) is 0 Å². The third kappa shape index (κ3) is 4.51. The van der Waals surface area contributed by atoms with Crippen molar-refractivity contribution >= 4 is 5.96 Å². The van der Waals surface area contributed by atoms with Crippen LogP contribution in [0.3, 0.4) is 0 Å². The maximum atomic E-state index is 5.87. The zero-order valence-electron chi connectivity index (χ0n) is 10.3. The second-order valence-electron chi connectivity index (χ2n) is 5.48. The van der Waals surface area contributed by atoms with E-state index in [1.54, 1.807) is 0 Å². The van der Waals surface area contributed by atoms with E-state index in [0.717, 1.165) is 26.1 Å². The number of ether oxygens (including phenoxy) is 1. The smallest absolute Gasteiger partial charge is 0.189 e. The fraction of sp³-hybridized carbons (Fsp3) is 0.909. The van der Waals surface area contributed by atoms with E-state index in [1.807, 2.05) is 0 Å². The molecule has 0 aliphatic carbocycles. The van der Waals surface area contributed by atoms with E-state index in [4.69, 9.17) is 10.5 Å². The fourth-order valence-corrected chi connectivity index (χ4v) is 1.63. The molecule has 15 heavy (non-hydrogen) atoms. The Morgan fingerprint density at radius 1 is 1.33 bits per heavy atom. The molecule has 0 amide bonds. The van der Waals surface area contributed by atoms with Crippen molar-refractivity contribution in [3.63, 3.8) is 0 Å². The van der Waals surface area contributed by atoms with Gasteiger partial charge in [-0.05, 0) is 40.5 Å². The number of nitrogens with zero attached hydrogens (tertiary/aromatic N) is 1. The third-order valence-corrected chi connectivity index (χ3v) is 2.46. The van der Waals surface area contributed by atoms with Gasteiger partial charge in [-0.15, -0.1) is 0 Å². The molecule has 4 nitrogen and oxygen atoms in total. The lowest BCUT2D eigenvalue weighted by molar-refractivity contribution is 0.0600. The van der Waals surface area contributed by atoms with Gasteiger partial charge in [-0.1, -0.05) is 0 Å². The first-order valence-corrected chi connectivity index (χ1v) is 5.52. The second kappa shape index (κ2) is 4.39. The minimum atomic E-state index is -0.0550. The van der Waals surface area contributed by atoms with E-state index in [-0.39, 0.29) is 11.1 Å². The summed E-state index contributed by atoms with van der Waals surface area (Å²) in [6.45, 7) is 9.91. The first-order valence-electron chi connectivity index (χ1n) is 5.52. The van der Waals surface area contributed by atoms with Gasteiger partial charge >= 0.3 is 0 Å². The Hall–Kier alpha value is -0.770. The lowest BCUT2D eigenvalue weighted by Gasteiger charge is -2.31. The highest BCUT2D eigenvalue weighted by molar-refractivity contribution is 5.79. The standard InChI is InChI=1S/C11H23N3O/c1-10(2,3)13-9(12)14-11(4)5-7-15-8-6-11/h5-8H2,1-4H3,(H3,12,13,14). The number of nitrogens with two attached hydrogens (primary N) is 1. The van der Waals surface area contributed by atoms with Gasteiger partial charge in [0.15, 0.2) is 5.96 Å². The predicted octanol–water partition coefficient (Wildman–Crippen LogP) is 1.26. The summed E-state index contributed by atoms with van der Waals surface area (Å²) in [4.78, 5) is 4.56. The molecule has 3 N–H and O–H groups in total. The highest BCUT2D eigenvalue weighted by Gasteiger charge is 2.27. The second-order valence-corrected chi connectivity index (χ2v) is 5.48. The van der Waals surface area contributed by atoms with Crippen LogP contribution < -0.4 is 11.1 Å². The minimum Gasteiger partial charge on any atom is -0.381 e. The summed E-state index contributed by atoms with van der Waals surface area (Å²) in [5.41, 5.74) is 5.79. The van der Waals surface area contributed by atoms with Gasteiger partial charge < -0.3 is 15.8 Å². The molecule has 0 aromatic carbocycles. The number of guanidine groups is 1. The molecule has 1 fully saturated rings. The van der Waals surface area contributed by atoms with Crippen molar-refractivity contribution in [2.45, 2.75) is 51.6 Å². The van der Waals surface area contributed by atoms with Crippen molar-refractivity contribution in [2.75, 3.05) is 13.2 Å². The molecule has 1 aliphatic heterocycles. The fourth-order valence-electron chi connectivity index (χ4n) is 1.63. The highest BCUT2D eigenvalue weighted by Crippen LogP contribution is 2.24. The van der Waals surface area contributed by atoms with Crippen molar-refractivity contribution in [2.24, 2.45) is 10.7 Å². The molecular formula is C11H23N3O. The maximum Gasteiger partial charge on any atom is 0.189 e. The Labute approximate surface area is 92.3 Å². The molecular weight excluding hydrogens is 190 g/mol. The summed E-state index contributed by atoms with van der Waals surface area (Å²) < 4.78 is 5.32. The van der Waals surface area contributed by atoms with Gasteiger partial charge in [-0.3, -0.25) is 0 Å². The normalized spacial score (nSPS) is 22.5. The summed E-state index contributed by atoms with van der Waals surface area (Å²) >= 11 is 0. The number of nitrogens with one attached hydrogen (secondary N) is 1. The molecule has 0 aromatic rings. The van der Waals surface area contributed by atoms with Crippen molar-refractivity contribution in [1.29, 1.82) is 0 Å². The number of rotatable bonds is 1. The molecule has 1 heterocycles. The van der Waals surface area contributed by atoms with E-state index in [2.05, 4.69) is 38.0 Å². The molecule has 0 aromatic heterocycles. The van der Waals surface area contributed by atoms with Crippen LogP contribution in [0, 0.1) is 0 Å². The summed E-state index contributed by atoms with van der Waals surface area (Å²) in [6, 6.07) is 0. The van der Waals surface area contributed by atoms with E-state index >= 15 is 0 Å². The number of hydrogen-bond acceptors (Lipinski definition) is 2. The highest BCUT2D eigenvalue weighted by atomic mass is 16.5. The van der Waals surface area contributed by atoms with Crippen LogP contribution in [0.1, 0.15) is 40.5 Å². The van der Waals surface area contributed by atoms with Crippen LogP contribution >= 0.6 is 0 Å². The summed E-state index contributed by atoms with van der Waals surface area (Å²) in [5.74, 6) is 0.534. The molecule has 0 radical (unpaired) electrons. The van der Waals surface area contributed by atoms with Gasteiger partial charge in [0.05, 0.1) is 5.54 Å². The van der Waals surface area contributed by atoms with Crippen LogP contribution in [0.2, 0.25) is 0 Å². The maximum absolute atomic E-state index is 5.87. The van der Waals surface area contributed by atoms with Crippen LogP contribution in [0.4, 0.5) is 0 Å². The van der Waals surface area contributed by atoms with Gasteiger partial charge in [0, 0.05) is 18.8 Å². The molecule has 0 saturated carbocycles. The van der Waals surface area contributed by atoms with Gasteiger partial charge in [-0.2, -0.15) is 0 Å². The Bertz CT molecular complexity index is 237. The van der Waals surface area contributed by atoms with E-state index in [0.29, 0.717) is 5.96 Å². The molecule has 0 unspecified atom stereocenters. The monoisotopic (exact) mass is 213 g/mol. The minimum absolute atomic E-state index is 0.0326. The molecule has 4 heteroatoms. The Kier molecular flexibility index (Phi) is 3.60. The molecule has 1 saturated heterocycles. The molecule has 0 spiro atoms. The Morgan fingerprint density at radius 2 is 1.87 bits per heavy atom. The molecule has 88 valence electrons. The van der Waals surface area contributed by atoms with Crippen LogP contribution in [0.5, 0.6) is 0 Å². The van der Waals surface area contributed by atoms with Crippen LogP contribution in [-0.2, 0) is 4.74 Å². The number of hydrogen-bond donors (Lipinski definition) is 2. The SMILES string of the molecule is CC1(N=C(N)NC(C)(C)C)CCOCC1. The molecule has 1 rings (SSSR count). The zero-order chi connectivity index (χ0) is 11.5. The van der Waals surface area contributed by atoms with E-state index < -0.39 is 0 Å². The average Bonchev–Trinajstić information content (AvgIpc) is 1.99. The third-order valence-electron chi connectivity index (χ3n) is 2.46. The number of aliphatic imine (C=N–C) groups is 1. The van der Waals surface area contributed by atoms with Crippen molar-refractivity contribution in [3.8, 4) is 0 Å². The first-order chi connectivity index (χ1) is 6.81. The lowest BCUT2D eigenvalue weighted by atomic mass is 9.93. The van der Waals surface area contributed by atoms with Crippen molar-refractivity contribution < 1.29 is 4.74 Å². The topological polar surface area (TPSA) is 59.6 Å². The predicted molar refractivity (Wildman–Crippen MR) is 63.0 cm³/mol. The Balaban J connectivity index is 2.60. The van der Waals surface area contributed by atoms with Crippen LogP contribution in [-0.4, -0.2) is 30.3 Å². The van der Waals surface area contributed by atoms with Gasteiger partial charge in [0.2, 0.25) is 0 Å².